The van der Waals surface area contributed by atoms with Crippen LogP contribution in [0.2, 0.25) is 5.02 Å². The molecule has 0 spiro atoms. The van der Waals surface area contributed by atoms with E-state index in [0.717, 1.165) is 47.7 Å². The molecule has 1 unspecified atom stereocenters. The Hall–Kier alpha value is -2.05. The Morgan fingerprint density at radius 2 is 1.85 bits per heavy atom. The maximum Gasteiger partial charge on any atom is 0.193 e. The van der Waals surface area contributed by atoms with Crippen molar-refractivity contribution in [1.29, 1.82) is 0 Å². The zero-order chi connectivity index (χ0) is 19.1. The van der Waals surface area contributed by atoms with Gasteiger partial charge in [-0.3, -0.25) is 9.20 Å². The molecule has 5 nitrogen and oxygen atoms in total. The molecule has 1 aliphatic heterocycles. The van der Waals surface area contributed by atoms with E-state index in [0.29, 0.717) is 12.3 Å². The molecule has 1 aliphatic rings. The minimum atomic E-state index is -0.996. The maximum absolute atomic E-state index is 12.3. The van der Waals surface area contributed by atoms with Gasteiger partial charge in [0.1, 0.15) is 0 Å². The van der Waals surface area contributed by atoms with Crippen molar-refractivity contribution in [1.82, 2.24) is 10.2 Å². The van der Waals surface area contributed by atoms with Crippen LogP contribution in [0.4, 0.5) is 5.69 Å². The number of hydrogen-bond donors (Lipinski definition) is 1. The van der Waals surface area contributed by atoms with E-state index in [1.165, 1.54) is 0 Å². The second kappa shape index (κ2) is 9.76. The first-order chi connectivity index (χ1) is 13.2. The van der Waals surface area contributed by atoms with Crippen molar-refractivity contribution in [2.45, 2.75) is 4.90 Å². The van der Waals surface area contributed by atoms with Crippen LogP contribution in [0.5, 0.6) is 0 Å². The van der Waals surface area contributed by atoms with E-state index in [9.17, 15) is 4.21 Å². The third kappa shape index (κ3) is 5.47. The number of piperazine rings is 1. The lowest BCUT2D eigenvalue weighted by molar-refractivity contribution is 0.373. The number of hydrogen-bond acceptors (Lipinski definition) is 3. The highest BCUT2D eigenvalue weighted by Gasteiger charge is 2.20. The van der Waals surface area contributed by atoms with Gasteiger partial charge in [-0.25, -0.2) is 0 Å². The lowest BCUT2D eigenvalue weighted by Crippen LogP contribution is -2.53. The Kier molecular flexibility index (Phi) is 7.12. The molecule has 0 aliphatic carbocycles. The summed E-state index contributed by atoms with van der Waals surface area (Å²) in [5.74, 6) is 1.43. The molecule has 1 saturated heterocycles. The Balaban J connectivity index is 1.47. The average molecular weight is 405 g/mol. The van der Waals surface area contributed by atoms with Crippen LogP contribution >= 0.6 is 11.6 Å². The summed E-state index contributed by atoms with van der Waals surface area (Å²) in [7, 11) is 0.795. The van der Waals surface area contributed by atoms with E-state index in [1.54, 1.807) is 7.05 Å². The van der Waals surface area contributed by atoms with Gasteiger partial charge < -0.3 is 15.1 Å². The van der Waals surface area contributed by atoms with Crippen molar-refractivity contribution in [3.63, 3.8) is 0 Å². The summed E-state index contributed by atoms with van der Waals surface area (Å²) in [4.78, 5) is 9.83. The molecule has 3 rings (SSSR count). The lowest BCUT2D eigenvalue weighted by atomic mass is 10.2. The predicted molar refractivity (Wildman–Crippen MR) is 114 cm³/mol. The monoisotopic (exact) mass is 404 g/mol. The molecule has 1 fully saturated rings. The second-order valence-corrected chi connectivity index (χ2v) is 8.30. The van der Waals surface area contributed by atoms with E-state index in [2.05, 4.69) is 26.2 Å². The van der Waals surface area contributed by atoms with Crippen molar-refractivity contribution >= 4 is 34.0 Å². The number of guanidine groups is 1. The molecule has 2 aromatic rings. The molecule has 1 N–H and O–H groups in total. The fourth-order valence-electron chi connectivity index (χ4n) is 3.13. The first kappa shape index (κ1) is 19.7. The van der Waals surface area contributed by atoms with Crippen LogP contribution in [0.3, 0.4) is 0 Å². The molecule has 0 aromatic heterocycles. The summed E-state index contributed by atoms with van der Waals surface area (Å²) < 4.78 is 12.3. The number of anilines is 1. The summed E-state index contributed by atoms with van der Waals surface area (Å²) in [6.07, 6.45) is 0. The molecule has 1 atom stereocenters. The van der Waals surface area contributed by atoms with Gasteiger partial charge >= 0.3 is 0 Å². The minimum Gasteiger partial charge on any atom is -0.368 e. The summed E-state index contributed by atoms with van der Waals surface area (Å²) in [5.41, 5.74) is 1.16. The molecular weight excluding hydrogens is 380 g/mol. The van der Waals surface area contributed by atoms with Crippen LogP contribution < -0.4 is 10.2 Å². The van der Waals surface area contributed by atoms with Gasteiger partial charge in [0.25, 0.3) is 0 Å². The minimum absolute atomic E-state index is 0.561. The average Bonchev–Trinajstić information content (AvgIpc) is 2.72. The Morgan fingerprint density at radius 1 is 1.11 bits per heavy atom. The maximum atomic E-state index is 12.3. The topological polar surface area (TPSA) is 47.9 Å². The number of rotatable bonds is 5. The van der Waals surface area contributed by atoms with Crippen LogP contribution in [-0.2, 0) is 10.8 Å². The second-order valence-electron chi connectivity index (χ2n) is 6.29. The first-order valence-electron chi connectivity index (χ1n) is 9.07. The fraction of sp³-hybridized carbons (Fsp3) is 0.350. The largest absolute Gasteiger partial charge is 0.368 e. The number of aliphatic imine (C=N–C) groups is 1. The van der Waals surface area contributed by atoms with Gasteiger partial charge in [0.2, 0.25) is 0 Å². The fourth-order valence-corrected chi connectivity index (χ4v) is 4.30. The summed E-state index contributed by atoms with van der Waals surface area (Å²) >= 11 is 6.10. The molecule has 144 valence electrons. The van der Waals surface area contributed by atoms with Crippen LogP contribution in [0.15, 0.2) is 64.5 Å². The normalized spacial score (nSPS) is 16.3. The molecule has 0 bridgehead atoms. The van der Waals surface area contributed by atoms with Gasteiger partial charge in [0.05, 0.1) is 10.8 Å². The van der Waals surface area contributed by atoms with Crippen LogP contribution in [-0.4, -0.2) is 60.6 Å². The molecule has 0 saturated carbocycles. The quantitative estimate of drug-likeness (QED) is 0.615. The van der Waals surface area contributed by atoms with Crippen molar-refractivity contribution in [3.05, 3.63) is 59.6 Å². The van der Waals surface area contributed by atoms with Gasteiger partial charge in [0.15, 0.2) is 5.96 Å². The van der Waals surface area contributed by atoms with E-state index < -0.39 is 10.8 Å². The van der Waals surface area contributed by atoms with E-state index in [4.69, 9.17) is 11.6 Å². The third-order valence-corrected chi connectivity index (χ3v) is 6.15. The smallest absolute Gasteiger partial charge is 0.193 e. The van der Waals surface area contributed by atoms with Crippen molar-refractivity contribution in [2.24, 2.45) is 4.99 Å². The summed E-state index contributed by atoms with van der Waals surface area (Å²) in [6, 6.07) is 17.5. The van der Waals surface area contributed by atoms with Crippen molar-refractivity contribution in [2.75, 3.05) is 50.4 Å². The van der Waals surface area contributed by atoms with Crippen LogP contribution in [0.1, 0.15) is 0 Å². The zero-order valence-corrected chi connectivity index (χ0v) is 17.0. The van der Waals surface area contributed by atoms with Gasteiger partial charge in [-0.05, 0) is 30.3 Å². The highest BCUT2D eigenvalue weighted by Crippen LogP contribution is 2.20. The predicted octanol–water partition coefficient (Wildman–Crippen LogP) is 2.85. The van der Waals surface area contributed by atoms with Crippen LogP contribution in [0, 0.1) is 0 Å². The Bertz CT molecular complexity index is 792. The molecule has 2 aromatic carbocycles. The SMILES string of the molecule is CN=C(NCCS(=O)c1ccccc1)N1CCN(c2cccc(Cl)c2)CC1. The highest BCUT2D eigenvalue weighted by molar-refractivity contribution is 7.85. The van der Waals surface area contributed by atoms with E-state index in [-0.39, 0.29) is 0 Å². The standard InChI is InChI=1S/C20H25ClN4OS/c1-22-20(23-10-15-27(26)19-8-3-2-4-9-19)25-13-11-24(12-14-25)18-7-5-6-17(21)16-18/h2-9,16H,10-15H2,1H3,(H,22,23). The lowest BCUT2D eigenvalue weighted by Gasteiger charge is -2.37. The summed E-state index contributed by atoms with van der Waals surface area (Å²) in [6.45, 7) is 4.22. The first-order valence-corrected chi connectivity index (χ1v) is 10.8. The van der Waals surface area contributed by atoms with Gasteiger partial charge in [-0.1, -0.05) is 35.9 Å². The van der Waals surface area contributed by atoms with E-state index in [1.807, 2.05) is 48.5 Å². The van der Waals surface area contributed by atoms with Crippen LogP contribution in [0.25, 0.3) is 0 Å². The third-order valence-electron chi connectivity index (χ3n) is 4.54. The number of benzene rings is 2. The highest BCUT2D eigenvalue weighted by atomic mass is 35.5. The summed E-state index contributed by atoms with van der Waals surface area (Å²) in [5, 5.41) is 4.11. The van der Waals surface area contributed by atoms with Gasteiger partial charge in [0, 0.05) is 61.1 Å². The van der Waals surface area contributed by atoms with Crippen molar-refractivity contribution < 1.29 is 4.21 Å². The van der Waals surface area contributed by atoms with E-state index >= 15 is 0 Å². The van der Waals surface area contributed by atoms with Crippen molar-refractivity contribution in [3.8, 4) is 0 Å². The molecule has 7 heteroatoms. The molecular formula is C20H25ClN4OS. The molecule has 0 amide bonds. The molecule has 1 heterocycles. The molecule has 0 radical (unpaired) electrons. The van der Waals surface area contributed by atoms with Gasteiger partial charge in [-0.2, -0.15) is 0 Å². The molecule has 27 heavy (non-hydrogen) atoms. The Morgan fingerprint density at radius 3 is 2.52 bits per heavy atom. The number of halogens is 1. The van der Waals surface area contributed by atoms with Gasteiger partial charge in [-0.15, -0.1) is 0 Å². The Labute approximate surface area is 168 Å². The zero-order valence-electron chi connectivity index (χ0n) is 15.5. The number of nitrogens with one attached hydrogen (secondary N) is 1. The number of nitrogens with zero attached hydrogens (tertiary/aromatic N) is 3.